The van der Waals surface area contributed by atoms with Crippen molar-refractivity contribution in [2.24, 2.45) is 0 Å². The number of methoxy groups -OCH3 is 2. The van der Waals surface area contributed by atoms with Crippen molar-refractivity contribution in [3.8, 4) is 11.5 Å². The maximum atomic E-state index is 13.6. The van der Waals surface area contributed by atoms with E-state index < -0.39 is 12.0 Å². The number of carbonyl (C=O) groups excluding carboxylic acids is 2. The summed E-state index contributed by atoms with van der Waals surface area (Å²) >= 11 is 0. The molecule has 1 aromatic heterocycles. The number of carbonyl (C=O) groups is 2. The van der Waals surface area contributed by atoms with Crippen molar-refractivity contribution in [3.05, 3.63) is 65.0 Å². The molecule has 2 atom stereocenters. The minimum absolute atomic E-state index is 0.141. The number of ether oxygens (including phenoxy) is 2. The second-order valence-corrected chi connectivity index (χ2v) is 8.23. The quantitative estimate of drug-likeness (QED) is 0.596. The lowest BCUT2D eigenvalue weighted by Crippen LogP contribution is -2.44. The van der Waals surface area contributed by atoms with E-state index in [0.717, 1.165) is 5.56 Å². The van der Waals surface area contributed by atoms with Gasteiger partial charge in [-0.2, -0.15) is 4.98 Å². The summed E-state index contributed by atoms with van der Waals surface area (Å²) in [7, 11) is 4.80. The lowest BCUT2D eigenvalue weighted by atomic mass is 9.79. The summed E-state index contributed by atoms with van der Waals surface area (Å²) < 4.78 is 10.8. The molecular formula is C24H27N5O4. The van der Waals surface area contributed by atoms with Gasteiger partial charge in [-0.05, 0) is 29.3 Å². The number of anilines is 1. The first kappa shape index (κ1) is 22.3. The van der Waals surface area contributed by atoms with Gasteiger partial charge in [-0.1, -0.05) is 38.1 Å². The van der Waals surface area contributed by atoms with Crippen LogP contribution in [0.2, 0.25) is 0 Å². The predicted octanol–water partition coefficient (Wildman–Crippen LogP) is 3.49. The van der Waals surface area contributed by atoms with Gasteiger partial charge in [0.25, 0.3) is 5.91 Å². The van der Waals surface area contributed by atoms with Crippen LogP contribution < -0.4 is 14.8 Å². The van der Waals surface area contributed by atoms with Crippen molar-refractivity contribution in [1.29, 1.82) is 0 Å². The van der Waals surface area contributed by atoms with E-state index in [1.807, 2.05) is 32.0 Å². The maximum absolute atomic E-state index is 13.6. The van der Waals surface area contributed by atoms with Gasteiger partial charge in [0.1, 0.15) is 5.82 Å². The molecule has 0 radical (unpaired) electrons. The lowest BCUT2D eigenvalue weighted by Gasteiger charge is -2.39. The number of hydrogen-bond acceptors (Lipinski definition) is 6. The van der Waals surface area contributed by atoms with E-state index in [0.29, 0.717) is 28.5 Å². The Labute approximate surface area is 192 Å². The molecule has 9 heteroatoms. The summed E-state index contributed by atoms with van der Waals surface area (Å²) in [6.07, 6.45) is 0. The number of likely N-dealkylation sites (N-methyl/N-ethyl adjacent to an activating group) is 1. The monoisotopic (exact) mass is 449 g/mol. The molecule has 2 N–H and O–H groups in total. The van der Waals surface area contributed by atoms with Crippen LogP contribution in [0.15, 0.2) is 42.5 Å². The number of benzene rings is 2. The van der Waals surface area contributed by atoms with Crippen molar-refractivity contribution in [1.82, 2.24) is 20.1 Å². The van der Waals surface area contributed by atoms with Crippen LogP contribution in [0.3, 0.4) is 0 Å². The molecule has 0 spiro atoms. The molecule has 172 valence electrons. The van der Waals surface area contributed by atoms with Gasteiger partial charge in [0.15, 0.2) is 11.5 Å². The highest BCUT2D eigenvalue weighted by atomic mass is 16.5. The molecular weight excluding hydrogens is 422 g/mol. The minimum atomic E-state index is -0.692. The van der Waals surface area contributed by atoms with E-state index in [1.54, 1.807) is 50.4 Å². The highest BCUT2D eigenvalue weighted by Crippen LogP contribution is 2.44. The van der Waals surface area contributed by atoms with Crippen LogP contribution in [0.4, 0.5) is 5.95 Å². The lowest BCUT2D eigenvalue weighted by molar-refractivity contribution is -0.119. The Bertz CT molecular complexity index is 1190. The second kappa shape index (κ2) is 8.93. The number of amides is 2. The molecule has 2 aromatic carbocycles. The minimum Gasteiger partial charge on any atom is -0.493 e. The van der Waals surface area contributed by atoms with E-state index in [2.05, 4.69) is 20.5 Å². The van der Waals surface area contributed by atoms with Crippen LogP contribution >= 0.6 is 0 Å². The Hall–Kier alpha value is -3.88. The summed E-state index contributed by atoms with van der Waals surface area (Å²) in [5, 5.41) is 9.80. The first-order chi connectivity index (χ1) is 15.8. The number of aromatic nitrogens is 3. The van der Waals surface area contributed by atoms with E-state index in [9.17, 15) is 9.59 Å². The Balaban J connectivity index is 1.79. The van der Waals surface area contributed by atoms with Gasteiger partial charge in [0, 0.05) is 18.5 Å². The third-order valence-corrected chi connectivity index (χ3v) is 5.90. The van der Waals surface area contributed by atoms with E-state index >= 15 is 0 Å². The number of aromatic amines is 1. The fraction of sp³-hybridized carbons (Fsp3) is 0.333. The van der Waals surface area contributed by atoms with Crippen LogP contribution in [-0.2, 0) is 4.79 Å². The zero-order chi connectivity index (χ0) is 23.7. The average Bonchev–Trinajstić information content (AvgIpc) is 3.29. The first-order valence-corrected chi connectivity index (χ1v) is 10.7. The second-order valence-electron chi connectivity index (χ2n) is 8.23. The molecule has 0 aliphatic carbocycles. The Morgan fingerprint density at radius 1 is 1.12 bits per heavy atom. The van der Waals surface area contributed by atoms with Crippen LogP contribution in [0.5, 0.6) is 11.5 Å². The van der Waals surface area contributed by atoms with E-state index in [4.69, 9.17) is 9.47 Å². The van der Waals surface area contributed by atoms with Crippen molar-refractivity contribution < 1.29 is 19.1 Å². The molecule has 0 fully saturated rings. The smallest absolute Gasteiger partial charge is 0.254 e. The largest absolute Gasteiger partial charge is 0.493 e. The van der Waals surface area contributed by atoms with Crippen molar-refractivity contribution in [2.45, 2.75) is 31.7 Å². The predicted molar refractivity (Wildman–Crippen MR) is 123 cm³/mol. The van der Waals surface area contributed by atoms with Crippen molar-refractivity contribution in [2.75, 3.05) is 26.6 Å². The number of hydrogen-bond donors (Lipinski definition) is 2. The van der Waals surface area contributed by atoms with Gasteiger partial charge in [0.05, 0.1) is 26.2 Å². The fourth-order valence-corrected chi connectivity index (χ4v) is 4.19. The zero-order valence-corrected chi connectivity index (χ0v) is 19.2. The van der Waals surface area contributed by atoms with Gasteiger partial charge in [-0.25, -0.2) is 0 Å². The fourth-order valence-electron chi connectivity index (χ4n) is 4.19. The third-order valence-electron chi connectivity index (χ3n) is 5.90. The Kier molecular flexibility index (Phi) is 6.04. The van der Waals surface area contributed by atoms with Crippen LogP contribution in [0, 0.1) is 0 Å². The summed E-state index contributed by atoms with van der Waals surface area (Å²) in [5.41, 5.74) is 1.89. The molecule has 0 saturated heterocycles. The maximum Gasteiger partial charge on any atom is 0.254 e. The summed E-state index contributed by atoms with van der Waals surface area (Å²) in [4.78, 5) is 32.8. The Morgan fingerprint density at radius 2 is 1.85 bits per heavy atom. The molecule has 0 unspecified atom stereocenters. The SMILES string of the molecule is COc1ccc([C@H]2[C@@H](C(=O)Nc3n[nH]c(C(C)C)n3)c3ccccc3C(=O)N2C)cc1OC. The molecule has 2 heterocycles. The van der Waals surface area contributed by atoms with Crippen LogP contribution in [0.25, 0.3) is 0 Å². The first-order valence-electron chi connectivity index (χ1n) is 10.7. The summed E-state index contributed by atoms with van der Waals surface area (Å²) in [5.74, 6) is 0.943. The van der Waals surface area contributed by atoms with E-state index in [-0.39, 0.29) is 23.7 Å². The standard InChI is InChI=1S/C24H27N5O4/c1-13(2)21-25-24(28-27-21)26-22(30)19-15-8-6-7-9-16(15)23(31)29(3)20(19)14-10-11-17(32-4)18(12-14)33-5/h6-13,19-20H,1-5H3,(H2,25,26,27,28,30)/t19-,20-/m0/s1. The van der Waals surface area contributed by atoms with Gasteiger partial charge in [-0.3, -0.25) is 20.0 Å². The molecule has 1 aliphatic rings. The van der Waals surface area contributed by atoms with Gasteiger partial charge in [-0.15, -0.1) is 5.10 Å². The number of nitrogens with zero attached hydrogens (tertiary/aromatic N) is 3. The van der Waals surface area contributed by atoms with Crippen molar-refractivity contribution >= 4 is 17.8 Å². The molecule has 4 rings (SSSR count). The molecule has 33 heavy (non-hydrogen) atoms. The topological polar surface area (TPSA) is 109 Å². The molecule has 9 nitrogen and oxygen atoms in total. The number of rotatable bonds is 6. The number of nitrogens with one attached hydrogen (secondary N) is 2. The summed E-state index contributed by atoms with van der Waals surface area (Å²) in [6.45, 7) is 3.97. The Morgan fingerprint density at radius 3 is 2.52 bits per heavy atom. The van der Waals surface area contributed by atoms with Gasteiger partial charge in [0.2, 0.25) is 11.9 Å². The molecule has 1 aliphatic heterocycles. The summed E-state index contributed by atoms with van der Waals surface area (Å²) in [6, 6.07) is 12.0. The molecule has 0 saturated carbocycles. The number of H-pyrrole nitrogens is 1. The normalized spacial score (nSPS) is 17.6. The van der Waals surface area contributed by atoms with E-state index in [1.165, 1.54) is 0 Å². The molecule has 0 bridgehead atoms. The van der Waals surface area contributed by atoms with Gasteiger partial charge >= 0.3 is 0 Å². The van der Waals surface area contributed by atoms with Crippen LogP contribution in [0.1, 0.15) is 59.0 Å². The molecule has 2 amide bonds. The molecule has 3 aromatic rings. The third kappa shape index (κ3) is 4.02. The zero-order valence-electron chi connectivity index (χ0n) is 19.2. The number of fused-ring (bicyclic) bond motifs is 1. The van der Waals surface area contributed by atoms with Gasteiger partial charge < -0.3 is 14.4 Å². The van der Waals surface area contributed by atoms with Crippen LogP contribution in [-0.4, -0.2) is 53.2 Å². The highest BCUT2D eigenvalue weighted by molar-refractivity contribution is 6.03. The van der Waals surface area contributed by atoms with Crippen molar-refractivity contribution in [3.63, 3.8) is 0 Å². The average molecular weight is 450 g/mol. The highest BCUT2D eigenvalue weighted by Gasteiger charge is 2.43.